The Labute approximate surface area is 185 Å². The summed E-state index contributed by atoms with van der Waals surface area (Å²) in [7, 11) is 0. The lowest BCUT2D eigenvalue weighted by atomic mass is 10.1. The lowest BCUT2D eigenvalue weighted by molar-refractivity contribution is -0.113. The normalized spacial score (nSPS) is 13.7. The van der Waals surface area contributed by atoms with Crippen LogP contribution >= 0.6 is 11.8 Å². The molecule has 5 rings (SSSR count). The number of rotatable bonds is 8. The van der Waals surface area contributed by atoms with Crippen LogP contribution in [-0.4, -0.2) is 31.0 Å². The second-order valence-corrected chi connectivity index (χ2v) is 8.79. The summed E-state index contributed by atoms with van der Waals surface area (Å²) < 4.78 is 4.38. The molecule has 0 aliphatic heterocycles. The van der Waals surface area contributed by atoms with Crippen LogP contribution in [0.15, 0.2) is 60.3 Å². The molecular formula is C24H25N5OS. The zero-order valence-corrected chi connectivity index (χ0v) is 18.4. The van der Waals surface area contributed by atoms with Gasteiger partial charge in [0.1, 0.15) is 5.82 Å². The highest BCUT2D eigenvalue weighted by Crippen LogP contribution is 2.40. The summed E-state index contributed by atoms with van der Waals surface area (Å²) in [4.78, 5) is 12.7. The average Bonchev–Trinajstić information content (AvgIpc) is 3.47. The number of aryl methyl sites for hydroxylation is 1. The molecule has 1 amide bonds. The molecule has 0 bridgehead atoms. The zero-order chi connectivity index (χ0) is 21.4. The van der Waals surface area contributed by atoms with E-state index in [-0.39, 0.29) is 11.7 Å². The maximum atomic E-state index is 12.7. The number of hydrogen-bond donors (Lipinski definition) is 1. The highest BCUT2D eigenvalue weighted by molar-refractivity contribution is 7.99. The van der Waals surface area contributed by atoms with Gasteiger partial charge in [-0.25, -0.2) is 0 Å². The van der Waals surface area contributed by atoms with E-state index in [0.717, 1.165) is 41.4 Å². The van der Waals surface area contributed by atoms with Gasteiger partial charge in [-0.2, -0.15) is 0 Å². The van der Waals surface area contributed by atoms with Gasteiger partial charge in [-0.15, -0.1) is 16.8 Å². The number of benzene rings is 2. The van der Waals surface area contributed by atoms with Crippen molar-refractivity contribution in [3.05, 3.63) is 60.9 Å². The average molecular weight is 432 g/mol. The number of aromatic nitrogens is 4. The molecule has 0 atom stereocenters. The van der Waals surface area contributed by atoms with Crippen LogP contribution < -0.4 is 5.32 Å². The molecule has 2 heterocycles. The highest BCUT2D eigenvalue weighted by Gasteiger charge is 2.30. The Hall–Kier alpha value is -3.06. The van der Waals surface area contributed by atoms with E-state index >= 15 is 0 Å². The van der Waals surface area contributed by atoms with Crippen molar-refractivity contribution in [3.63, 3.8) is 0 Å². The third-order valence-corrected chi connectivity index (χ3v) is 6.67. The minimum Gasteiger partial charge on any atom is -0.341 e. The van der Waals surface area contributed by atoms with Crippen molar-refractivity contribution in [3.8, 4) is 0 Å². The number of amides is 1. The van der Waals surface area contributed by atoms with Gasteiger partial charge in [0.2, 0.25) is 5.91 Å². The Balaban J connectivity index is 1.33. The SMILES string of the molecule is C=CCn1c(SCC(=O)Nc2ccc3c(c2)c2ccccc2n3CC)nnc1C1CC1. The molecule has 1 fully saturated rings. The highest BCUT2D eigenvalue weighted by atomic mass is 32.2. The first-order valence-corrected chi connectivity index (χ1v) is 11.7. The number of fused-ring (bicyclic) bond motifs is 3. The summed E-state index contributed by atoms with van der Waals surface area (Å²) in [5.41, 5.74) is 3.21. The predicted molar refractivity (Wildman–Crippen MR) is 127 cm³/mol. The van der Waals surface area contributed by atoms with Crippen LogP contribution in [0.25, 0.3) is 21.8 Å². The van der Waals surface area contributed by atoms with Gasteiger partial charge in [0, 0.05) is 46.5 Å². The van der Waals surface area contributed by atoms with Crippen molar-refractivity contribution in [2.75, 3.05) is 11.1 Å². The van der Waals surface area contributed by atoms with Gasteiger partial charge in [0.05, 0.1) is 5.75 Å². The van der Waals surface area contributed by atoms with Crippen LogP contribution in [0, 0.1) is 0 Å². The Bertz CT molecular complexity index is 1280. The van der Waals surface area contributed by atoms with Crippen LogP contribution in [0.2, 0.25) is 0 Å². The molecule has 0 saturated heterocycles. The molecule has 1 saturated carbocycles. The van der Waals surface area contributed by atoms with E-state index in [1.807, 2.05) is 12.1 Å². The van der Waals surface area contributed by atoms with Crippen molar-refractivity contribution in [1.82, 2.24) is 19.3 Å². The molecule has 7 heteroatoms. The van der Waals surface area contributed by atoms with Gasteiger partial charge in [0.25, 0.3) is 0 Å². The third-order valence-electron chi connectivity index (χ3n) is 5.70. The number of anilines is 1. The summed E-state index contributed by atoms with van der Waals surface area (Å²) in [5.74, 6) is 1.76. The molecule has 0 radical (unpaired) electrons. The molecule has 158 valence electrons. The number of nitrogens with one attached hydrogen (secondary N) is 1. The fourth-order valence-electron chi connectivity index (χ4n) is 4.15. The van der Waals surface area contributed by atoms with E-state index in [1.165, 1.54) is 28.2 Å². The molecule has 1 N–H and O–H groups in total. The Morgan fingerprint density at radius 3 is 2.74 bits per heavy atom. The predicted octanol–water partition coefficient (Wildman–Crippen LogP) is 5.20. The summed E-state index contributed by atoms with van der Waals surface area (Å²) in [5, 5.41) is 14.8. The largest absolute Gasteiger partial charge is 0.341 e. The first-order valence-electron chi connectivity index (χ1n) is 10.7. The topological polar surface area (TPSA) is 64.7 Å². The second-order valence-electron chi connectivity index (χ2n) is 7.84. The molecule has 0 unspecified atom stereocenters. The number of thioether (sulfide) groups is 1. The maximum Gasteiger partial charge on any atom is 0.234 e. The molecular weight excluding hydrogens is 406 g/mol. The van der Waals surface area contributed by atoms with Gasteiger partial charge in [0.15, 0.2) is 5.16 Å². The number of para-hydroxylation sites is 1. The summed E-state index contributed by atoms with van der Waals surface area (Å²) >= 11 is 1.42. The van der Waals surface area contributed by atoms with Gasteiger partial charge >= 0.3 is 0 Å². The van der Waals surface area contributed by atoms with E-state index in [4.69, 9.17) is 0 Å². The minimum absolute atomic E-state index is 0.0512. The molecule has 1 aliphatic carbocycles. The van der Waals surface area contributed by atoms with Gasteiger partial charge in [-0.05, 0) is 44.0 Å². The quantitative estimate of drug-likeness (QED) is 0.308. The third kappa shape index (κ3) is 3.74. The molecule has 6 nitrogen and oxygen atoms in total. The molecule has 4 aromatic rings. The lowest BCUT2D eigenvalue weighted by Gasteiger charge is -2.08. The van der Waals surface area contributed by atoms with Crippen LogP contribution in [0.4, 0.5) is 5.69 Å². The van der Waals surface area contributed by atoms with Crippen molar-refractivity contribution in [1.29, 1.82) is 0 Å². The van der Waals surface area contributed by atoms with E-state index < -0.39 is 0 Å². The Morgan fingerprint density at radius 2 is 1.97 bits per heavy atom. The smallest absolute Gasteiger partial charge is 0.234 e. The summed E-state index contributed by atoms with van der Waals surface area (Å²) in [6.07, 6.45) is 4.18. The number of nitrogens with zero attached hydrogens (tertiary/aromatic N) is 4. The standard InChI is InChI=1S/C24H25N5OS/c1-3-13-29-23(16-9-10-16)26-27-24(29)31-15-22(30)25-17-11-12-21-19(14-17)18-7-5-6-8-20(18)28(21)4-2/h3,5-8,11-12,14,16H,1,4,9-10,13,15H2,2H3,(H,25,30). The van der Waals surface area contributed by atoms with Crippen molar-refractivity contribution in [2.45, 2.75) is 43.9 Å². The Kier molecular flexibility index (Phi) is 5.28. The second kappa shape index (κ2) is 8.23. The summed E-state index contributed by atoms with van der Waals surface area (Å²) in [6, 6.07) is 14.5. The summed E-state index contributed by atoms with van der Waals surface area (Å²) in [6.45, 7) is 7.56. The molecule has 1 aliphatic rings. The van der Waals surface area contributed by atoms with E-state index in [0.29, 0.717) is 12.5 Å². The molecule has 2 aromatic heterocycles. The number of hydrogen-bond acceptors (Lipinski definition) is 4. The Morgan fingerprint density at radius 1 is 1.16 bits per heavy atom. The van der Waals surface area contributed by atoms with Crippen LogP contribution in [0.5, 0.6) is 0 Å². The minimum atomic E-state index is -0.0512. The first kappa shape index (κ1) is 19.9. The first-order chi connectivity index (χ1) is 15.2. The van der Waals surface area contributed by atoms with Crippen LogP contribution in [0.1, 0.15) is 31.5 Å². The fraction of sp³-hybridized carbons (Fsp3) is 0.292. The number of allylic oxidation sites excluding steroid dienone is 1. The fourth-order valence-corrected chi connectivity index (χ4v) is 4.91. The van der Waals surface area contributed by atoms with E-state index in [2.05, 4.69) is 74.5 Å². The van der Waals surface area contributed by atoms with Crippen molar-refractivity contribution in [2.24, 2.45) is 0 Å². The van der Waals surface area contributed by atoms with E-state index in [9.17, 15) is 4.79 Å². The van der Waals surface area contributed by atoms with Crippen molar-refractivity contribution < 1.29 is 4.79 Å². The van der Waals surface area contributed by atoms with Crippen LogP contribution in [0.3, 0.4) is 0 Å². The molecule has 31 heavy (non-hydrogen) atoms. The number of carbonyl (C=O) groups excluding carboxylic acids is 1. The van der Waals surface area contributed by atoms with E-state index in [1.54, 1.807) is 0 Å². The molecule has 0 spiro atoms. The van der Waals surface area contributed by atoms with Gasteiger partial charge in [-0.3, -0.25) is 4.79 Å². The maximum absolute atomic E-state index is 12.7. The van der Waals surface area contributed by atoms with Crippen LogP contribution in [-0.2, 0) is 17.9 Å². The lowest BCUT2D eigenvalue weighted by Crippen LogP contribution is -2.14. The monoisotopic (exact) mass is 431 g/mol. The van der Waals surface area contributed by atoms with Gasteiger partial charge in [-0.1, -0.05) is 36.0 Å². The number of carbonyl (C=O) groups is 1. The molecule has 2 aromatic carbocycles. The zero-order valence-electron chi connectivity index (χ0n) is 17.5. The van der Waals surface area contributed by atoms with Crippen molar-refractivity contribution >= 4 is 45.2 Å². The van der Waals surface area contributed by atoms with Gasteiger partial charge < -0.3 is 14.5 Å².